The number of hydrogen-bond donors (Lipinski definition) is 1. The van der Waals surface area contributed by atoms with E-state index in [2.05, 4.69) is 71.5 Å². The van der Waals surface area contributed by atoms with Gasteiger partial charge in [-0.15, -0.1) is 0 Å². The van der Waals surface area contributed by atoms with Gasteiger partial charge >= 0.3 is 0 Å². The standard InChI is InChI=1S/C33H31FN2O/c1-24-8-7-11-27(20-24)30(21-33(37)35-19-18-25-9-3-2-4-10-25)31-23-36(32-13-6-5-12-29(31)32)22-26-14-16-28(34)17-15-26/h2-17,20,23,30H,18-19,21-22H2,1H3,(H,35,37)/t30-/m0/s1. The molecule has 1 aromatic heterocycles. The van der Waals surface area contributed by atoms with Gasteiger partial charge in [0, 0.05) is 42.5 Å². The quantitative estimate of drug-likeness (QED) is 0.237. The average Bonchev–Trinajstić information content (AvgIpc) is 3.27. The molecule has 0 aliphatic carbocycles. The van der Waals surface area contributed by atoms with Gasteiger partial charge in [-0.05, 0) is 53.8 Å². The summed E-state index contributed by atoms with van der Waals surface area (Å²) in [4.78, 5) is 13.2. The summed E-state index contributed by atoms with van der Waals surface area (Å²) in [6.45, 7) is 3.32. The summed E-state index contributed by atoms with van der Waals surface area (Å²) in [5, 5.41) is 4.27. The predicted octanol–water partition coefficient (Wildman–Crippen LogP) is 7.02. The van der Waals surface area contributed by atoms with Crippen LogP contribution in [-0.4, -0.2) is 17.0 Å². The Morgan fingerprint density at radius 3 is 2.41 bits per heavy atom. The summed E-state index contributed by atoms with van der Waals surface area (Å²) in [5.74, 6) is -0.284. The largest absolute Gasteiger partial charge is 0.356 e. The second-order valence-corrected chi connectivity index (χ2v) is 9.61. The zero-order chi connectivity index (χ0) is 25.6. The minimum absolute atomic E-state index is 0.0396. The van der Waals surface area contributed by atoms with Crippen LogP contribution in [0.1, 0.15) is 40.2 Å². The van der Waals surface area contributed by atoms with E-state index in [1.54, 1.807) is 0 Å². The highest BCUT2D eigenvalue weighted by atomic mass is 19.1. The fourth-order valence-electron chi connectivity index (χ4n) is 5.01. The molecule has 5 aromatic rings. The molecule has 0 unspecified atom stereocenters. The second-order valence-electron chi connectivity index (χ2n) is 9.61. The van der Waals surface area contributed by atoms with Crippen molar-refractivity contribution in [2.24, 2.45) is 0 Å². The van der Waals surface area contributed by atoms with Crippen molar-refractivity contribution in [3.63, 3.8) is 0 Å². The highest BCUT2D eigenvalue weighted by molar-refractivity contribution is 5.86. The summed E-state index contributed by atoms with van der Waals surface area (Å²) < 4.78 is 15.7. The van der Waals surface area contributed by atoms with Crippen LogP contribution in [-0.2, 0) is 17.8 Å². The van der Waals surface area contributed by atoms with Crippen LogP contribution in [0.5, 0.6) is 0 Å². The van der Waals surface area contributed by atoms with Crippen molar-refractivity contribution in [3.8, 4) is 0 Å². The molecule has 1 heterocycles. The first-order valence-corrected chi connectivity index (χ1v) is 12.8. The van der Waals surface area contributed by atoms with E-state index in [1.165, 1.54) is 23.3 Å². The van der Waals surface area contributed by atoms with Gasteiger partial charge in [0.15, 0.2) is 0 Å². The van der Waals surface area contributed by atoms with Crippen molar-refractivity contribution in [1.82, 2.24) is 9.88 Å². The number of nitrogens with one attached hydrogen (secondary N) is 1. The van der Waals surface area contributed by atoms with E-state index < -0.39 is 0 Å². The number of carbonyl (C=O) groups excluding carboxylic acids is 1. The highest BCUT2D eigenvalue weighted by Gasteiger charge is 2.23. The van der Waals surface area contributed by atoms with Gasteiger partial charge in [-0.2, -0.15) is 0 Å². The van der Waals surface area contributed by atoms with Gasteiger partial charge in [0.1, 0.15) is 5.82 Å². The zero-order valence-corrected chi connectivity index (χ0v) is 21.0. The third-order valence-corrected chi connectivity index (χ3v) is 6.87. The topological polar surface area (TPSA) is 34.0 Å². The van der Waals surface area contributed by atoms with Gasteiger partial charge in [-0.1, -0.05) is 90.5 Å². The van der Waals surface area contributed by atoms with Crippen molar-refractivity contribution in [1.29, 1.82) is 0 Å². The first kappa shape index (κ1) is 24.5. The molecule has 0 bridgehead atoms. The third-order valence-electron chi connectivity index (χ3n) is 6.87. The molecular formula is C33H31FN2O. The molecule has 37 heavy (non-hydrogen) atoms. The predicted molar refractivity (Wildman–Crippen MR) is 148 cm³/mol. The lowest BCUT2D eigenvalue weighted by molar-refractivity contribution is -0.121. The Labute approximate surface area is 217 Å². The van der Waals surface area contributed by atoms with Gasteiger partial charge in [0.2, 0.25) is 5.91 Å². The Morgan fingerprint density at radius 2 is 1.62 bits per heavy atom. The molecule has 0 saturated carbocycles. The van der Waals surface area contributed by atoms with E-state index in [9.17, 15) is 9.18 Å². The van der Waals surface area contributed by atoms with Crippen LogP contribution in [0, 0.1) is 12.7 Å². The minimum Gasteiger partial charge on any atom is -0.356 e. The van der Waals surface area contributed by atoms with Crippen LogP contribution in [0.15, 0.2) is 109 Å². The lowest BCUT2D eigenvalue weighted by atomic mass is 9.87. The van der Waals surface area contributed by atoms with Gasteiger partial charge in [-0.3, -0.25) is 4.79 Å². The first-order chi connectivity index (χ1) is 18.1. The number of amides is 1. The number of benzene rings is 4. The monoisotopic (exact) mass is 490 g/mol. The molecule has 1 amide bonds. The molecule has 0 saturated heterocycles. The van der Waals surface area contributed by atoms with Crippen molar-refractivity contribution in [2.75, 3.05) is 6.54 Å². The molecule has 1 N–H and O–H groups in total. The molecule has 0 spiro atoms. The maximum Gasteiger partial charge on any atom is 0.220 e. The Hall–Kier alpha value is -4.18. The zero-order valence-electron chi connectivity index (χ0n) is 21.0. The maximum absolute atomic E-state index is 13.5. The number of hydrogen-bond acceptors (Lipinski definition) is 1. The SMILES string of the molecule is Cc1cccc([C@H](CC(=O)NCCc2ccccc2)c2cn(Cc3ccc(F)cc3)c3ccccc23)c1. The number of para-hydroxylation sites is 1. The number of fused-ring (bicyclic) bond motifs is 1. The minimum atomic E-state index is -0.236. The van der Waals surface area contributed by atoms with E-state index in [0.717, 1.165) is 34.0 Å². The molecule has 0 fully saturated rings. The molecule has 0 radical (unpaired) electrons. The molecular weight excluding hydrogens is 459 g/mol. The van der Waals surface area contributed by atoms with E-state index in [1.807, 2.05) is 42.5 Å². The number of rotatable bonds is 9. The van der Waals surface area contributed by atoms with Crippen LogP contribution < -0.4 is 5.32 Å². The van der Waals surface area contributed by atoms with E-state index in [4.69, 9.17) is 0 Å². The Morgan fingerprint density at radius 1 is 0.865 bits per heavy atom. The van der Waals surface area contributed by atoms with Crippen molar-refractivity contribution >= 4 is 16.8 Å². The molecule has 3 nitrogen and oxygen atoms in total. The van der Waals surface area contributed by atoms with E-state index >= 15 is 0 Å². The van der Waals surface area contributed by atoms with Crippen LogP contribution in [0.3, 0.4) is 0 Å². The van der Waals surface area contributed by atoms with Gasteiger partial charge < -0.3 is 9.88 Å². The van der Waals surface area contributed by atoms with E-state index in [-0.39, 0.29) is 17.6 Å². The molecule has 0 aliphatic heterocycles. The molecule has 4 heteroatoms. The molecule has 0 aliphatic rings. The number of aromatic nitrogens is 1. The fourth-order valence-corrected chi connectivity index (χ4v) is 5.01. The lowest BCUT2D eigenvalue weighted by Crippen LogP contribution is -2.27. The number of nitrogens with zero attached hydrogens (tertiary/aromatic N) is 1. The number of aryl methyl sites for hydroxylation is 1. The fraction of sp³-hybridized carbons (Fsp3) is 0.182. The van der Waals surface area contributed by atoms with Crippen LogP contribution in [0.4, 0.5) is 4.39 Å². The summed E-state index contributed by atoms with van der Waals surface area (Å²) in [6.07, 6.45) is 3.33. The van der Waals surface area contributed by atoms with Crippen molar-refractivity contribution < 1.29 is 9.18 Å². The van der Waals surface area contributed by atoms with Crippen LogP contribution in [0.2, 0.25) is 0 Å². The normalized spacial score (nSPS) is 11.9. The molecule has 5 rings (SSSR count). The van der Waals surface area contributed by atoms with Crippen molar-refractivity contribution in [2.45, 2.75) is 32.2 Å². The Bertz CT molecular complexity index is 1490. The van der Waals surface area contributed by atoms with Crippen LogP contribution in [0.25, 0.3) is 10.9 Å². The smallest absolute Gasteiger partial charge is 0.220 e. The highest BCUT2D eigenvalue weighted by Crippen LogP contribution is 2.35. The maximum atomic E-state index is 13.5. The summed E-state index contributed by atoms with van der Waals surface area (Å²) >= 11 is 0. The Balaban J connectivity index is 1.44. The summed E-state index contributed by atoms with van der Waals surface area (Å²) in [7, 11) is 0. The van der Waals surface area contributed by atoms with Crippen molar-refractivity contribution in [3.05, 3.63) is 143 Å². The third kappa shape index (κ3) is 5.97. The molecule has 186 valence electrons. The first-order valence-electron chi connectivity index (χ1n) is 12.8. The average molecular weight is 491 g/mol. The second kappa shape index (κ2) is 11.3. The summed E-state index contributed by atoms with van der Waals surface area (Å²) in [6, 6.07) is 33.6. The van der Waals surface area contributed by atoms with E-state index in [0.29, 0.717) is 19.5 Å². The Kier molecular flexibility index (Phi) is 7.46. The lowest BCUT2D eigenvalue weighted by Gasteiger charge is -2.18. The van der Waals surface area contributed by atoms with Gasteiger partial charge in [0.05, 0.1) is 0 Å². The van der Waals surface area contributed by atoms with Crippen LogP contribution >= 0.6 is 0 Å². The number of carbonyl (C=O) groups is 1. The van der Waals surface area contributed by atoms with Gasteiger partial charge in [0.25, 0.3) is 0 Å². The van der Waals surface area contributed by atoms with Gasteiger partial charge in [-0.25, -0.2) is 4.39 Å². The molecule has 4 aromatic carbocycles. The summed E-state index contributed by atoms with van der Waals surface area (Å²) in [5.41, 5.74) is 6.76. The number of halogens is 1. The molecule has 1 atom stereocenters.